The van der Waals surface area contributed by atoms with Gasteiger partial charge >= 0.3 is 0 Å². The van der Waals surface area contributed by atoms with Crippen LogP contribution >= 0.6 is 0 Å². The summed E-state index contributed by atoms with van der Waals surface area (Å²) in [5.41, 5.74) is -0.957. The molecule has 0 unspecified atom stereocenters. The SMILES string of the molecule is N#C[C@H](C[C@H]1CCNC1=O)NC(=O)[C@@H]1[C@@H]2CC[C@@H](CC2(F)F)N1C(=O)c1cc2c(C(F)F)cc(F)cc2[nH]1. The van der Waals surface area contributed by atoms with Crippen molar-refractivity contribution in [1.82, 2.24) is 20.5 Å². The number of amides is 3. The zero-order valence-electron chi connectivity index (χ0n) is 19.9. The molecule has 4 fully saturated rings. The van der Waals surface area contributed by atoms with Gasteiger partial charge in [-0.3, -0.25) is 14.4 Å². The summed E-state index contributed by atoms with van der Waals surface area (Å²) in [4.78, 5) is 42.5. The van der Waals surface area contributed by atoms with Crippen LogP contribution in [0.15, 0.2) is 18.2 Å². The van der Waals surface area contributed by atoms with Crippen molar-refractivity contribution in [2.75, 3.05) is 6.54 Å². The molecule has 3 saturated heterocycles. The number of carbonyl (C=O) groups is 3. The lowest BCUT2D eigenvalue weighted by Gasteiger charge is -2.53. The quantitative estimate of drug-likeness (QED) is 0.490. The van der Waals surface area contributed by atoms with Crippen LogP contribution in [-0.2, 0) is 9.59 Å². The van der Waals surface area contributed by atoms with Gasteiger partial charge in [0.25, 0.3) is 18.3 Å². The van der Waals surface area contributed by atoms with Crippen LogP contribution in [0.3, 0.4) is 0 Å². The number of aromatic amines is 1. The molecule has 1 aromatic carbocycles. The average Bonchev–Trinajstić information content (AvgIpc) is 3.47. The summed E-state index contributed by atoms with van der Waals surface area (Å²) < 4.78 is 70.7. The van der Waals surface area contributed by atoms with Gasteiger partial charge in [0.05, 0.1) is 12.0 Å². The minimum atomic E-state index is -3.25. The van der Waals surface area contributed by atoms with Gasteiger partial charge in [-0.2, -0.15) is 5.26 Å². The number of rotatable bonds is 6. The highest BCUT2D eigenvalue weighted by Crippen LogP contribution is 2.49. The molecular weight excluding hydrogens is 513 g/mol. The number of H-pyrrole nitrogens is 1. The molecule has 3 aliphatic heterocycles. The van der Waals surface area contributed by atoms with Crippen molar-refractivity contribution in [2.24, 2.45) is 11.8 Å². The van der Waals surface area contributed by atoms with Gasteiger partial charge in [0, 0.05) is 41.4 Å². The highest BCUT2D eigenvalue weighted by atomic mass is 19.3. The van der Waals surface area contributed by atoms with Gasteiger partial charge in [0.1, 0.15) is 23.6 Å². The largest absolute Gasteiger partial charge is 0.356 e. The van der Waals surface area contributed by atoms with Crippen molar-refractivity contribution in [1.29, 1.82) is 5.26 Å². The van der Waals surface area contributed by atoms with E-state index in [-0.39, 0.29) is 41.8 Å². The van der Waals surface area contributed by atoms with E-state index in [0.29, 0.717) is 19.0 Å². The maximum Gasteiger partial charge on any atom is 0.271 e. The van der Waals surface area contributed by atoms with Gasteiger partial charge in [0.15, 0.2) is 0 Å². The van der Waals surface area contributed by atoms with E-state index in [1.165, 1.54) is 0 Å². The Morgan fingerprint density at radius 1 is 1.21 bits per heavy atom. The fraction of sp³-hybridized carbons (Fsp3) is 0.520. The molecule has 202 valence electrons. The number of carbonyl (C=O) groups excluding carboxylic acids is 3. The van der Waals surface area contributed by atoms with Crippen molar-refractivity contribution in [2.45, 2.75) is 62.6 Å². The van der Waals surface area contributed by atoms with Gasteiger partial charge in [0.2, 0.25) is 11.8 Å². The average molecular weight is 537 g/mol. The molecule has 6 rings (SSSR count). The molecule has 38 heavy (non-hydrogen) atoms. The molecule has 1 aliphatic carbocycles. The predicted octanol–water partition coefficient (Wildman–Crippen LogP) is 3.41. The van der Waals surface area contributed by atoms with Crippen LogP contribution in [0.2, 0.25) is 0 Å². The molecule has 3 N–H and O–H groups in total. The number of piperidine rings is 2. The van der Waals surface area contributed by atoms with Gasteiger partial charge < -0.3 is 20.5 Å². The van der Waals surface area contributed by atoms with Crippen LogP contribution in [0.1, 0.15) is 54.6 Å². The van der Waals surface area contributed by atoms with Gasteiger partial charge in [-0.25, -0.2) is 22.0 Å². The molecular formula is C25H24F5N5O3. The minimum Gasteiger partial charge on any atom is -0.356 e. The minimum absolute atomic E-state index is 0.0107. The molecule has 4 aliphatic rings. The van der Waals surface area contributed by atoms with E-state index in [9.17, 15) is 41.6 Å². The van der Waals surface area contributed by atoms with Crippen molar-refractivity contribution in [3.63, 3.8) is 0 Å². The highest BCUT2D eigenvalue weighted by Gasteiger charge is 2.60. The first kappa shape index (κ1) is 25.9. The first-order valence-electron chi connectivity index (χ1n) is 12.3. The van der Waals surface area contributed by atoms with E-state index in [4.69, 9.17) is 0 Å². The number of nitriles is 1. The number of alkyl halides is 4. The zero-order valence-corrected chi connectivity index (χ0v) is 19.9. The van der Waals surface area contributed by atoms with Crippen molar-refractivity contribution < 1.29 is 36.3 Å². The van der Waals surface area contributed by atoms with Gasteiger partial charge in [-0.15, -0.1) is 0 Å². The molecule has 8 nitrogen and oxygen atoms in total. The molecule has 5 atom stereocenters. The fourth-order valence-electron chi connectivity index (χ4n) is 6.02. The second kappa shape index (κ2) is 9.56. The zero-order chi connectivity index (χ0) is 27.4. The molecule has 1 aromatic heterocycles. The molecule has 3 amide bonds. The van der Waals surface area contributed by atoms with Crippen molar-refractivity contribution in [3.8, 4) is 6.07 Å². The third-order valence-electron chi connectivity index (χ3n) is 7.79. The number of fused-ring (bicyclic) bond motifs is 4. The molecule has 0 radical (unpaired) electrons. The van der Waals surface area contributed by atoms with Crippen molar-refractivity contribution in [3.05, 3.63) is 35.3 Å². The fourth-order valence-corrected chi connectivity index (χ4v) is 6.02. The second-order valence-corrected chi connectivity index (χ2v) is 10.1. The summed E-state index contributed by atoms with van der Waals surface area (Å²) in [6, 6.07) is 0.789. The third kappa shape index (κ3) is 4.46. The van der Waals surface area contributed by atoms with Crippen LogP contribution in [0.4, 0.5) is 22.0 Å². The first-order chi connectivity index (χ1) is 18.0. The topological polar surface area (TPSA) is 118 Å². The van der Waals surface area contributed by atoms with E-state index in [2.05, 4.69) is 15.6 Å². The Morgan fingerprint density at radius 3 is 2.61 bits per heavy atom. The molecule has 1 saturated carbocycles. The third-order valence-corrected chi connectivity index (χ3v) is 7.79. The summed E-state index contributed by atoms with van der Waals surface area (Å²) >= 11 is 0. The number of nitrogens with one attached hydrogen (secondary N) is 3. The lowest BCUT2D eigenvalue weighted by atomic mass is 9.71. The Morgan fingerprint density at radius 2 is 1.97 bits per heavy atom. The van der Waals surface area contributed by atoms with Crippen LogP contribution in [-0.4, -0.2) is 58.2 Å². The smallest absolute Gasteiger partial charge is 0.271 e. The lowest BCUT2D eigenvalue weighted by molar-refractivity contribution is -0.179. The predicted molar refractivity (Wildman–Crippen MR) is 123 cm³/mol. The van der Waals surface area contributed by atoms with E-state index < -0.39 is 71.9 Å². The summed E-state index contributed by atoms with van der Waals surface area (Å²) in [5, 5.41) is 14.5. The first-order valence-corrected chi connectivity index (χ1v) is 12.3. The van der Waals surface area contributed by atoms with E-state index in [1.54, 1.807) is 0 Å². The Balaban J connectivity index is 1.46. The lowest BCUT2D eigenvalue weighted by Crippen LogP contribution is -2.68. The Kier molecular flexibility index (Phi) is 6.53. The van der Waals surface area contributed by atoms with Crippen LogP contribution in [0, 0.1) is 29.0 Å². The normalized spacial score (nSPS) is 26.9. The van der Waals surface area contributed by atoms with Gasteiger partial charge in [-0.1, -0.05) is 0 Å². The van der Waals surface area contributed by atoms with Crippen LogP contribution < -0.4 is 10.6 Å². The number of benzene rings is 1. The Bertz CT molecular complexity index is 1340. The number of nitrogens with zero attached hydrogens (tertiary/aromatic N) is 2. The summed E-state index contributed by atoms with van der Waals surface area (Å²) in [6.07, 6.45) is -3.07. The second-order valence-electron chi connectivity index (χ2n) is 10.1. The monoisotopic (exact) mass is 537 g/mol. The number of aromatic nitrogens is 1. The van der Waals surface area contributed by atoms with Crippen LogP contribution in [0.5, 0.6) is 0 Å². The Labute approximate surface area is 213 Å². The standard InChI is InChI=1S/C25H24F5N5O3/c26-12-6-16(21(27)28)15-8-19(34-18(15)7-12)24(38)35-14-1-2-17(25(29,30)9-14)20(35)23(37)33-13(10-31)5-11-3-4-32-22(11)36/h6-8,11,13-14,17,20-21,34H,1-5,9H2,(H,32,36)(H,33,37)/t11-,13+,14+,17+,20+/m1/s1. The Hall–Kier alpha value is -3.69. The van der Waals surface area contributed by atoms with E-state index in [1.807, 2.05) is 6.07 Å². The maximum absolute atomic E-state index is 14.9. The molecule has 0 spiro atoms. The van der Waals surface area contributed by atoms with Crippen LogP contribution in [0.25, 0.3) is 10.9 Å². The summed E-state index contributed by atoms with van der Waals surface area (Å²) in [7, 11) is 0. The number of hydrogen-bond donors (Lipinski definition) is 3. The molecule has 4 heterocycles. The van der Waals surface area contributed by atoms with Crippen molar-refractivity contribution >= 4 is 28.6 Å². The highest BCUT2D eigenvalue weighted by molar-refractivity contribution is 6.01. The van der Waals surface area contributed by atoms with Gasteiger partial charge in [-0.05, 0) is 43.9 Å². The van der Waals surface area contributed by atoms with E-state index >= 15 is 0 Å². The summed E-state index contributed by atoms with van der Waals surface area (Å²) in [6.45, 7) is 0.429. The molecule has 13 heteroatoms. The number of halogens is 5. The maximum atomic E-state index is 14.9. The molecule has 2 aromatic rings. The molecule has 2 bridgehead atoms. The summed E-state index contributed by atoms with van der Waals surface area (Å²) in [5.74, 6) is -8.31. The number of hydrogen-bond acceptors (Lipinski definition) is 4. The van der Waals surface area contributed by atoms with E-state index in [0.717, 1.165) is 17.0 Å².